The van der Waals surface area contributed by atoms with E-state index in [-0.39, 0.29) is 5.91 Å². The van der Waals surface area contributed by atoms with Gasteiger partial charge < -0.3 is 10.0 Å². The minimum Gasteiger partial charge on any atom is -0.480 e. The lowest BCUT2D eigenvalue weighted by atomic mass is 9.82. The lowest BCUT2D eigenvalue weighted by Crippen LogP contribution is -2.50. The Morgan fingerprint density at radius 3 is 2.44 bits per heavy atom. The molecule has 0 aromatic rings. The van der Waals surface area contributed by atoms with Crippen molar-refractivity contribution in [3.05, 3.63) is 0 Å². The number of likely N-dealkylation sites (tertiary alicyclic amines) is 1. The summed E-state index contributed by atoms with van der Waals surface area (Å²) >= 11 is 0. The third-order valence-corrected chi connectivity index (χ3v) is 4.58. The molecule has 1 saturated heterocycles. The largest absolute Gasteiger partial charge is 0.480 e. The summed E-state index contributed by atoms with van der Waals surface area (Å²) in [6.07, 6.45) is 6.63. The van der Waals surface area contributed by atoms with Crippen molar-refractivity contribution < 1.29 is 14.7 Å². The van der Waals surface area contributed by atoms with Crippen LogP contribution in [0.3, 0.4) is 0 Å². The molecule has 1 saturated carbocycles. The Hall–Kier alpha value is -1.06. The minimum atomic E-state index is -0.838. The van der Waals surface area contributed by atoms with Crippen molar-refractivity contribution in [2.24, 2.45) is 11.8 Å². The van der Waals surface area contributed by atoms with E-state index in [2.05, 4.69) is 6.92 Å². The minimum absolute atomic E-state index is 0.0571. The van der Waals surface area contributed by atoms with E-state index in [1.807, 2.05) is 0 Å². The maximum atomic E-state index is 12.2. The number of carboxylic acid groups (broad SMARTS) is 1. The molecule has 2 aliphatic rings. The van der Waals surface area contributed by atoms with Crippen LogP contribution in [-0.4, -0.2) is 34.5 Å². The number of amides is 1. The van der Waals surface area contributed by atoms with Gasteiger partial charge in [-0.3, -0.25) is 4.79 Å². The fourth-order valence-electron chi connectivity index (χ4n) is 3.00. The third-order valence-electron chi connectivity index (χ3n) is 4.58. The molecule has 1 amide bonds. The van der Waals surface area contributed by atoms with E-state index in [9.17, 15) is 14.7 Å². The van der Waals surface area contributed by atoms with Gasteiger partial charge in [0.15, 0.2) is 0 Å². The number of aliphatic carboxylic acids is 1. The Balaban J connectivity index is 1.95. The average Bonchev–Trinajstić information content (AvgIpc) is 2.32. The lowest BCUT2D eigenvalue weighted by Gasteiger charge is -2.38. The molecule has 0 spiro atoms. The lowest BCUT2D eigenvalue weighted by molar-refractivity contribution is -0.153. The number of rotatable bonds is 4. The first-order valence-corrected chi connectivity index (χ1v) is 7.14. The Kier molecular flexibility index (Phi) is 4.25. The maximum absolute atomic E-state index is 12.2. The van der Waals surface area contributed by atoms with Gasteiger partial charge in [-0.25, -0.2) is 4.79 Å². The van der Waals surface area contributed by atoms with Crippen molar-refractivity contribution in [3.63, 3.8) is 0 Å². The van der Waals surface area contributed by atoms with Gasteiger partial charge in [0.25, 0.3) is 0 Å². The SMILES string of the molecule is CCC1CCN(C(=O)CC2CCC2)C(C(=O)O)C1. The van der Waals surface area contributed by atoms with Crippen LogP contribution < -0.4 is 0 Å². The van der Waals surface area contributed by atoms with Gasteiger partial charge in [-0.05, 0) is 37.5 Å². The summed E-state index contributed by atoms with van der Waals surface area (Å²) in [7, 11) is 0. The van der Waals surface area contributed by atoms with Crippen LogP contribution in [0.1, 0.15) is 51.9 Å². The first kappa shape index (κ1) is 13.4. The van der Waals surface area contributed by atoms with Gasteiger partial charge >= 0.3 is 5.97 Å². The first-order valence-electron chi connectivity index (χ1n) is 7.14. The molecule has 0 aromatic carbocycles. The monoisotopic (exact) mass is 253 g/mol. The van der Waals surface area contributed by atoms with Crippen LogP contribution in [0.15, 0.2) is 0 Å². The highest BCUT2D eigenvalue weighted by Gasteiger charge is 2.36. The van der Waals surface area contributed by atoms with Crippen molar-refractivity contribution in [1.82, 2.24) is 4.90 Å². The molecular weight excluding hydrogens is 230 g/mol. The quantitative estimate of drug-likeness (QED) is 0.836. The Morgan fingerprint density at radius 2 is 1.94 bits per heavy atom. The van der Waals surface area contributed by atoms with Crippen LogP contribution in [0.2, 0.25) is 0 Å². The summed E-state index contributed by atoms with van der Waals surface area (Å²) < 4.78 is 0. The number of nitrogens with zero attached hydrogens (tertiary/aromatic N) is 1. The Bertz CT molecular complexity index is 325. The molecule has 1 aliphatic heterocycles. The zero-order valence-electron chi connectivity index (χ0n) is 11.1. The molecule has 2 atom stereocenters. The Morgan fingerprint density at radius 1 is 1.22 bits per heavy atom. The summed E-state index contributed by atoms with van der Waals surface area (Å²) in [4.78, 5) is 25.1. The third kappa shape index (κ3) is 2.85. The molecule has 1 N–H and O–H groups in total. The van der Waals surface area contributed by atoms with E-state index in [1.54, 1.807) is 4.90 Å². The summed E-state index contributed by atoms with van der Waals surface area (Å²) in [6.45, 7) is 2.72. The van der Waals surface area contributed by atoms with E-state index in [0.29, 0.717) is 31.2 Å². The number of carbonyl (C=O) groups excluding carboxylic acids is 1. The Labute approximate surface area is 108 Å². The summed E-state index contributed by atoms with van der Waals surface area (Å²) in [5.74, 6) is 0.187. The van der Waals surface area contributed by atoms with Crippen molar-refractivity contribution in [1.29, 1.82) is 0 Å². The van der Waals surface area contributed by atoms with E-state index in [1.165, 1.54) is 6.42 Å². The van der Waals surface area contributed by atoms with Gasteiger partial charge in [0.1, 0.15) is 6.04 Å². The molecular formula is C14H23NO3. The molecule has 2 fully saturated rings. The zero-order chi connectivity index (χ0) is 13.1. The van der Waals surface area contributed by atoms with Crippen LogP contribution in [-0.2, 0) is 9.59 Å². The molecule has 0 bridgehead atoms. The normalized spacial score (nSPS) is 28.8. The van der Waals surface area contributed by atoms with E-state index in [0.717, 1.165) is 25.7 Å². The maximum Gasteiger partial charge on any atom is 0.326 e. The second kappa shape index (κ2) is 5.72. The van der Waals surface area contributed by atoms with Crippen LogP contribution >= 0.6 is 0 Å². The molecule has 4 nitrogen and oxygen atoms in total. The van der Waals surface area contributed by atoms with Gasteiger partial charge in [0, 0.05) is 13.0 Å². The van der Waals surface area contributed by atoms with Gasteiger partial charge in [0.05, 0.1) is 0 Å². The molecule has 2 unspecified atom stereocenters. The molecule has 102 valence electrons. The van der Waals surface area contributed by atoms with E-state index in [4.69, 9.17) is 0 Å². The van der Waals surface area contributed by atoms with Gasteiger partial charge in [0.2, 0.25) is 5.91 Å². The van der Waals surface area contributed by atoms with Crippen LogP contribution in [0.25, 0.3) is 0 Å². The van der Waals surface area contributed by atoms with Crippen LogP contribution in [0.4, 0.5) is 0 Å². The van der Waals surface area contributed by atoms with Crippen molar-refractivity contribution in [2.75, 3.05) is 6.54 Å². The smallest absolute Gasteiger partial charge is 0.326 e. The van der Waals surface area contributed by atoms with Crippen LogP contribution in [0, 0.1) is 11.8 Å². The topological polar surface area (TPSA) is 57.6 Å². The number of carboxylic acids is 1. The molecule has 4 heteroatoms. The molecule has 1 aliphatic carbocycles. The number of piperidine rings is 1. The van der Waals surface area contributed by atoms with Crippen molar-refractivity contribution in [2.45, 2.75) is 57.9 Å². The number of hydrogen-bond acceptors (Lipinski definition) is 2. The molecule has 1 heterocycles. The molecule has 0 aromatic heterocycles. The highest BCUT2D eigenvalue weighted by atomic mass is 16.4. The standard InChI is InChI=1S/C14H23NO3/c1-2-10-6-7-15(12(8-10)14(17)18)13(16)9-11-4-3-5-11/h10-12H,2-9H2,1H3,(H,17,18). The van der Waals surface area contributed by atoms with Gasteiger partial charge in [-0.15, -0.1) is 0 Å². The summed E-state index contributed by atoms with van der Waals surface area (Å²) in [5.41, 5.74) is 0. The first-order chi connectivity index (χ1) is 8.61. The van der Waals surface area contributed by atoms with Crippen LogP contribution in [0.5, 0.6) is 0 Å². The average molecular weight is 253 g/mol. The molecule has 0 radical (unpaired) electrons. The van der Waals surface area contributed by atoms with Crippen molar-refractivity contribution in [3.8, 4) is 0 Å². The zero-order valence-corrected chi connectivity index (χ0v) is 11.1. The predicted octanol–water partition coefficient (Wildman–Crippen LogP) is 2.28. The van der Waals surface area contributed by atoms with E-state index < -0.39 is 12.0 Å². The fraction of sp³-hybridized carbons (Fsp3) is 0.857. The summed E-state index contributed by atoms with van der Waals surface area (Å²) in [5, 5.41) is 9.28. The van der Waals surface area contributed by atoms with Gasteiger partial charge in [-0.2, -0.15) is 0 Å². The number of carbonyl (C=O) groups is 2. The summed E-state index contributed by atoms with van der Waals surface area (Å²) in [6, 6.07) is -0.587. The van der Waals surface area contributed by atoms with Crippen molar-refractivity contribution >= 4 is 11.9 Å². The highest BCUT2D eigenvalue weighted by Crippen LogP contribution is 2.32. The van der Waals surface area contributed by atoms with E-state index >= 15 is 0 Å². The second-order valence-electron chi connectivity index (χ2n) is 5.74. The predicted molar refractivity (Wildman–Crippen MR) is 68.1 cm³/mol. The number of hydrogen-bond donors (Lipinski definition) is 1. The fourth-order valence-corrected chi connectivity index (χ4v) is 3.00. The second-order valence-corrected chi connectivity index (χ2v) is 5.74. The molecule has 18 heavy (non-hydrogen) atoms. The van der Waals surface area contributed by atoms with Gasteiger partial charge in [-0.1, -0.05) is 19.8 Å². The highest BCUT2D eigenvalue weighted by molar-refractivity contribution is 5.84. The molecule has 2 rings (SSSR count).